The van der Waals surface area contributed by atoms with Gasteiger partial charge in [0.1, 0.15) is 0 Å². The van der Waals surface area contributed by atoms with E-state index in [0.29, 0.717) is 32.0 Å². The Bertz CT molecular complexity index is 673. The zero-order valence-electron chi connectivity index (χ0n) is 13.2. The van der Waals surface area contributed by atoms with Gasteiger partial charge in [-0.1, -0.05) is 0 Å². The molecule has 134 valence electrons. The number of nitro groups is 1. The minimum Gasteiger partial charge on any atom is -0.395 e. The van der Waals surface area contributed by atoms with Gasteiger partial charge in [-0.05, 0) is 6.07 Å². The van der Waals surface area contributed by atoms with Crippen molar-refractivity contribution in [2.75, 3.05) is 57.1 Å². The molecule has 9 nitrogen and oxygen atoms in total. The number of sulfone groups is 1. The maximum absolute atomic E-state index is 12.2. The lowest BCUT2D eigenvalue weighted by Gasteiger charge is -2.26. The molecule has 1 heterocycles. The highest BCUT2D eigenvalue weighted by Gasteiger charge is 2.22. The van der Waals surface area contributed by atoms with Crippen molar-refractivity contribution < 1.29 is 23.2 Å². The van der Waals surface area contributed by atoms with E-state index in [4.69, 9.17) is 9.84 Å². The molecule has 0 aliphatic carbocycles. The third-order valence-electron chi connectivity index (χ3n) is 3.72. The van der Waals surface area contributed by atoms with Gasteiger partial charge < -0.3 is 15.2 Å². The number of non-ortho nitro benzene ring substituents is 1. The van der Waals surface area contributed by atoms with Crippen LogP contribution in [0.2, 0.25) is 0 Å². The minimum atomic E-state index is -3.80. The number of ether oxygens (including phenoxy) is 1. The molecule has 0 saturated carbocycles. The number of hydrogen-bond acceptors (Lipinski definition) is 8. The monoisotopic (exact) mass is 359 g/mol. The lowest BCUT2D eigenvalue weighted by Crippen LogP contribution is -2.39. The maximum atomic E-state index is 12.2. The zero-order chi connectivity index (χ0) is 17.6. The van der Waals surface area contributed by atoms with E-state index in [1.807, 2.05) is 0 Å². The summed E-state index contributed by atoms with van der Waals surface area (Å²) in [4.78, 5) is 12.3. The van der Waals surface area contributed by atoms with Gasteiger partial charge >= 0.3 is 0 Å². The first-order chi connectivity index (χ1) is 11.4. The van der Waals surface area contributed by atoms with Gasteiger partial charge in [-0.25, -0.2) is 8.42 Å². The molecule has 1 aromatic rings. The number of aliphatic hydroxyl groups excluding tert-OH is 1. The van der Waals surface area contributed by atoms with Crippen LogP contribution in [-0.4, -0.2) is 75.1 Å². The van der Waals surface area contributed by atoms with Crippen molar-refractivity contribution in [1.82, 2.24) is 4.90 Å². The van der Waals surface area contributed by atoms with Crippen LogP contribution in [0.1, 0.15) is 0 Å². The van der Waals surface area contributed by atoms with E-state index < -0.39 is 27.1 Å². The molecule has 0 aromatic heterocycles. The van der Waals surface area contributed by atoms with E-state index in [1.165, 1.54) is 12.1 Å². The molecule has 0 atom stereocenters. The largest absolute Gasteiger partial charge is 0.395 e. The van der Waals surface area contributed by atoms with Gasteiger partial charge in [-0.15, -0.1) is 0 Å². The summed E-state index contributed by atoms with van der Waals surface area (Å²) < 4.78 is 29.7. The highest BCUT2D eigenvalue weighted by Crippen LogP contribution is 2.27. The van der Waals surface area contributed by atoms with Crippen molar-refractivity contribution in [2.45, 2.75) is 4.90 Å². The van der Waals surface area contributed by atoms with E-state index in [1.54, 1.807) is 0 Å². The Morgan fingerprint density at radius 2 is 2.04 bits per heavy atom. The van der Waals surface area contributed by atoms with Crippen molar-refractivity contribution in [3.05, 3.63) is 28.3 Å². The number of benzene rings is 1. The Labute approximate surface area is 140 Å². The van der Waals surface area contributed by atoms with Crippen LogP contribution in [0.15, 0.2) is 23.1 Å². The molecule has 0 unspecified atom stereocenters. The van der Waals surface area contributed by atoms with Gasteiger partial charge in [0.05, 0.1) is 41.1 Å². The second-order valence-electron chi connectivity index (χ2n) is 5.36. The van der Waals surface area contributed by atoms with Crippen LogP contribution in [0.3, 0.4) is 0 Å². The molecule has 0 amide bonds. The van der Waals surface area contributed by atoms with E-state index >= 15 is 0 Å². The molecule has 0 bridgehead atoms. The highest BCUT2D eigenvalue weighted by molar-refractivity contribution is 7.91. The summed E-state index contributed by atoms with van der Waals surface area (Å²) in [7, 11) is -3.80. The summed E-state index contributed by atoms with van der Waals surface area (Å²) in [5, 5.41) is 22.8. The average molecular weight is 359 g/mol. The van der Waals surface area contributed by atoms with Crippen LogP contribution >= 0.6 is 0 Å². The van der Waals surface area contributed by atoms with Gasteiger partial charge in [0.15, 0.2) is 9.84 Å². The van der Waals surface area contributed by atoms with Crippen LogP contribution in [0.25, 0.3) is 0 Å². The lowest BCUT2D eigenvalue weighted by molar-refractivity contribution is -0.385. The molecule has 1 aliphatic rings. The van der Waals surface area contributed by atoms with Crippen molar-refractivity contribution in [1.29, 1.82) is 0 Å². The van der Waals surface area contributed by atoms with Crippen molar-refractivity contribution in [2.24, 2.45) is 0 Å². The molecule has 1 saturated heterocycles. The summed E-state index contributed by atoms with van der Waals surface area (Å²) in [5.74, 6) is -0.480. The maximum Gasteiger partial charge on any atom is 0.270 e. The number of nitrogens with one attached hydrogen (secondary N) is 1. The third-order valence-corrected chi connectivity index (χ3v) is 5.45. The highest BCUT2D eigenvalue weighted by atomic mass is 32.2. The molecule has 10 heteroatoms. The van der Waals surface area contributed by atoms with Gasteiger partial charge in [0.25, 0.3) is 5.69 Å². The molecular weight excluding hydrogens is 338 g/mol. The minimum absolute atomic E-state index is 0.160. The van der Waals surface area contributed by atoms with E-state index in [9.17, 15) is 18.5 Å². The fraction of sp³-hybridized carbons (Fsp3) is 0.571. The number of anilines is 1. The smallest absolute Gasteiger partial charge is 0.270 e. The molecule has 0 radical (unpaired) electrons. The molecule has 2 N–H and O–H groups in total. The van der Waals surface area contributed by atoms with Crippen LogP contribution in [0, 0.1) is 10.1 Å². The zero-order valence-corrected chi connectivity index (χ0v) is 14.0. The summed E-state index contributed by atoms with van der Waals surface area (Å²) in [6, 6.07) is 3.68. The van der Waals surface area contributed by atoms with Gasteiger partial charge in [-0.3, -0.25) is 15.0 Å². The standard InChI is InChI=1S/C14H21N3O6S/c18-7-10-24(21,22)14-11-12(17(19)20)1-2-13(14)15-3-4-16-5-8-23-9-6-16/h1-2,11,15,18H,3-10H2. The molecule has 24 heavy (non-hydrogen) atoms. The normalized spacial score (nSPS) is 16.0. The Morgan fingerprint density at radius 3 is 2.67 bits per heavy atom. The number of nitrogens with zero attached hydrogens (tertiary/aromatic N) is 2. The Kier molecular flexibility index (Phi) is 6.49. The van der Waals surface area contributed by atoms with Crippen LogP contribution in [0.4, 0.5) is 11.4 Å². The van der Waals surface area contributed by atoms with Crippen molar-refractivity contribution in [3.63, 3.8) is 0 Å². The summed E-state index contributed by atoms with van der Waals surface area (Å²) >= 11 is 0. The predicted molar refractivity (Wildman–Crippen MR) is 88.0 cm³/mol. The van der Waals surface area contributed by atoms with Gasteiger partial charge in [-0.2, -0.15) is 0 Å². The lowest BCUT2D eigenvalue weighted by atomic mass is 10.3. The number of aliphatic hydroxyl groups is 1. The van der Waals surface area contributed by atoms with Gasteiger partial charge in [0, 0.05) is 38.3 Å². The summed E-state index contributed by atoms with van der Waals surface area (Å²) in [6.07, 6.45) is 0. The van der Waals surface area contributed by atoms with Gasteiger partial charge in [0.2, 0.25) is 0 Å². The third kappa shape index (κ3) is 4.87. The Morgan fingerprint density at radius 1 is 1.33 bits per heavy atom. The molecule has 1 aromatic carbocycles. The summed E-state index contributed by atoms with van der Waals surface area (Å²) in [6.45, 7) is 3.65. The molecule has 1 fully saturated rings. The predicted octanol–water partition coefficient (Wildman–Crippen LogP) is 0.105. The fourth-order valence-electron chi connectivity index (χ4n) is 2.43. The van der Waals surface area contributed by atoms with Crippen LogP contribution < -0.4 is 5.32 Å². The fourth-order valence-corrected chi connectivity index (χ4v) is 3.67. The van der Waals surface area contributed by atoms with Crippen molar-refractivity contribution >= 4 is 21.2 Å². The Hall–Kier alpha value is -1.75. The van der Waals surface area contributed by atoms with Crippen LogP contribution in [0.5, 0.6) is 0 Å². The second-order valence-corrected chi connectivity index (χ2v) is 7.44. The molecule has 2 rings (SSSR count). The molecule has 0 spiro atoms. The first-order valence-corrected chi connectivity index (χ1v) is 9.25. The number of nitro benzene ring substituents is 1. The SMILES string of the molecule is O=[N+]([O-])c1ccc(NCCN2CCOCC2)c(S(=O)(=O)CCO)c1. The topological polar surface area (TPSA) is 122 Å². The van der Waals surface area contributed by atoms with Crippen LogP contribution in [-0.2, 0) is 14.6 Å². The number of hydrogen-bond donors (Lipinski definition) is 2. The molecule has 1 aliphatic heterocycles. The first kappa shape index (κ1) is 18.6. The first-order valence-electron chi connectivity index (χ1n) is 7.60. The molecular formula is C14H21N3O6S. The van der Waals surface area contributed by atoms with E-state index in [0.717, 1.165) is 19.2 Å². The second kappa shape index (κ2) is 8.38. The summed E-state index contributed by atoms with van der Waals surface area (Å²) in [5.41, 5.74) is 0.00699. The van der Waals surface area contributed by atoms with Crippen molar-refractivity contribution in [3.8, 4) is 0 Å². The Balaban J connectivity index is 2.13. The number of rotatable bonds is 8. The van der Waals surface area contributed by atoms with E-state index in [-0.39, 0.29) is 10.6 Å². The average Bonchev–Trinajstić information content (AvgIpc) is 2.55. The van der Waals surface area contributed by atoms with E-state index in [2.05, 4.69) is 10.2 Å². The number of morpholine rings is 1. The quantitative estimate of drug-likeness (QED) is 0.495.